The molecule has 0 spiro atoms. The lowest BCUT2D eigenvalue weighted by Gasteiger charge is -2.14. The van der Waals surface area contributed by atoms with Gasteiger partial charge in [0.25, 0.3) is 0 Å². The molecule has 3 heteroatoms. The van der Waals surface area contributed by atoms with E-state index in [0.29, 0.717) is 5.02 Å². The molecule has 0 aliphatic carbocycles. The summed E-state index contributed by atoms with van der Waals surface area (Å²) in [4.78, 5) is 12.3. The van der Waals surface area contributed by atoms with E-state index >= 15 is 0 Å². The van der Waals surface area contributed by atoms with Crippen LogP contribution in [0.4, 0.5) is 0 Å². The number of ketones is 1. The van der Waals surface area contributed by atoms with Crippen molar-refractivity contribution >= 4 is 33.3 Å². The molecule has 0 aromatic heterocycles. The van der Waals surface area contributed by atoms with Crippen LogP contribution in [0.2, 0.25) is 5.02 Å². The number of Topliss-reactive ketones (excluding diaryl/α,β-unsaturated/α-hetero) is 1. The van der Waals surface area contributed by atoms with Gasteiger partial charge in [-0.1, -0.05) is 44.4 Å². The summed E-state index contributed by atoms with van der Waals surface area (Å²) < 4.78 is 0.832. The fourth-order valence-corrected chi connectivity index (χ4v) is 2.42. The van der Waals surface area contributed by atoms with E-state index in [1.807, 2.05) is 12.1 Å². The number of hydrogen-bond acceptors (Lipinski definition) is 1. The van der Waals surface area contributed by atoms with Crippen molar-refractivity contribution in [3.63, 3.8) is 0 Å². The molecule has 0 amide bonds. The van der Waals surface area contributed by atoms with E-state index in [1.54, 1.807) is 6.07 Å². The van der Waals surface area contributed by atoms with Crippen LogP contribution in [0.1, 0.15) is 49.9 Å². The highest BCUT2D eigenvalue weighted by atomic mass is 79.9. The van der Waals surface area contributed by atoms with Crippen LogP contribution in [0.25, 0.3) is 0 Å². The van der Waals surface area contributed by atoms with Gasteiger partial charge in [-0.3, -0.25) is 4.79 Å². The smallest absolute Gasteiger partial charge is 0.165 e. The van der Waals surface area contributed by atoms with Crippen molar-refractivity contribution in [2.75, 3.05) is 0 Å². The molecular formula is C14H18BrClO. The van der Waals surface area contributed by atoms with Crippen LogP contribution >= 0.6 is 27.5 Å². The maximum Gasteiger partial charge on any atom is 0.165 e. The van der Waals surface area contributed by atoms with Crippen molar-refractivity contribution in [2.24, 2.45) is 5.92 Å². The Hall–Kier alpha value is -0.340. The number of rotatable bonds is 6. The fourth-order valence-electron chi connectivity index (χ4n) is 1.99. The number of benzene rings is 1. The average molecular weight is 318 g/mol. The molecule has 1 rings (SSSR count). The van der Waals surface area contributed by atoms with Crippen molar-refractivity contribution in [1.82, 2.24) is 0 Å². The fraction of sp³-hybridized carbons (Fsp3) is 0.500. The standard InChI is InChI=1S/C14H18BrClO/c1-3-5-10(6-4-2)14(17)11-7-8-12(15)13(16)9-11/h7-10H,3-6H2,1-2H3. The monoisotopic (exact) mass is 316 g/mol. The van der Waals surface area contributed by atoms with Crippen molar-refractivity contribution in [3.05, 3.63) is 33.3 Å². The van der Waals surface area contributed by atoms with E-state index in [1.165, 1.54) is 0 Å². The molecule has 1 nitrogen and oxygen atoms in total. The molecule has 0 aliphatic heterocycles. The predicted octanol–water partition coefficient (Wildman–Crippen LogP) is 5.50. The van der Waals surface area contributed by atoms with Crippen LogP contribution in [0, 0.1) is 5.92 Å². The van der Waals surface area contributed by atoms with E-state index in [4.69, 9.17) is 11.6 Å². The van der Waals surface area contributed by atoms with E-state index in [0.717, 1.165) is 35.7 Å². The Morgan fingerprint density at radius 1 is 1.29 bits per heavy atom. The molecule has 0 unspecified atom stereocenters. The normalized spacial score (nSPS) is 10.9. The second-order valence-electron chi connectivity index (χ2n) is 4.27. The maximum absolute atomic E-state index is 12.3. The molecule has 0 radical (unpaired) electrons. The Bertz CT molecular complexity index is 384. The number of carbonyl (C=O) groups is 1. The first-order valence-corrected chi connectivity index (χ1v) is 7.26. The minimum absolute atomic E-state index is 0.141. The van der Waals surface area contributed by atoms with Gasteiger partial charge in [0.05, 0.1) is 5.02 Å². The molecule has 0 fully saturated rings. The summed E-state index contributed by atoms with van der Waals surface area (Å²) in [6, 6.07) is 5.44. The zero-order valence-electron chi connectivity index (χ0n) is 10.3. The third-order valence-corrected chi connectivity index (χ3v) is 4.08. The van der Waals surface area contributed by atoms with Gasteiger partial charge in [0, 0.05) is 16.0 Å². The highest BCUT2D eigenvalue weighted by Gasteiger charge is 2.18. The van der Waals surface area contributed by atoms with Gasteiger partial charge in [-0.15, -0.1) is 0 Å². The molecule has 94 valence electrons. The molecule has 1 aromatic carbocycles. The highest BCUT2D eigenvalue weighted by molar-refractivity contribution is 9.10. The second kappa shape index (κ2) is 7.17. The van der Waals surface area contributed by atoms with Crippen molar-refractivity contribution < 1.29 is 4.79 Å². The zero-order chi connectivity index (χ0) is 12.8. The van der Waals surface area contributed by atoms with Crippen LogP contribution in [-0.4, -0.2) is 5.78 Å². The largest absolute Gasteiger partial charge is 0.294 e. The molecule has 0 heterocycles. The van der Waals surface area contributed by atoms with Crippen molar-refractivity contribution in [2.45, 2.75) is 39.5 Å². The van der Waals surface area contributed by atoms with Gasteiger partial charge in [0.2, 0.25) is 0 Å². The van der Waals surface area contributed by atoms with Crippen molar-refractivity contribution in [1.29, 1.82) is 0 Å². The Labute approximate surface area is 117 Å². The number of hydrogen-bond donors (Lipinski definition) is 0. The SMILES string of the molecule is CCCC(CCC)C(=O)c1ccc(Br)c(Cl)c1. The quantitative estimate of drug-likeness (QED) is 0.633. The van der Waals surface area contributed by atoms with Crippen molar-refractivity contribution in [3.8, 4) is 0 Å². The Morgan fingerprint density at radius 3 is 2.35 bits per heavy atom. The van der Waals surface area contributed by atoms with Crippen LogP contribution in [0.15, 0.2) is 22.7 Å². The van der Waals surface area contributed by atoms with E-state index in [-0.39, 0.29) is 11.7 Å². The highest BCUT2D eigenvalue weighted by Crippen LogP contribution is 2.26. The zero-order valence-corrected chi connectivity index (χ0v) is 12.6. The summed E-state index contributed by atoms with van der Waals surface area (Å²) in [6.45, 7) is 4.23. The summed E-state index contributed by atoms with van der Waals surface area (Å²) >= 11 is 9.35. The third kappa shape index (κ3) is 4.11. The Kier molecular flexibility index (Phi) is 6.21. The molecule has 0 saturated heterocycles. The number of carbonyl (C=O) groups excluding carboxylic acids is 1. The van der Waals surface area contributed by atoms with Gasteiger partial charge in [0.15, 0.2) is 5.78 Å². The summed E-state index contributed by atoms with van der Waals surface area (Å²) in [7, 11) is 0. The molecule has 17 heavy (non-hydrogen) atoms. The summed E-state index contributed by atoms with van der Waals surface area (Å²) in [5.74, 6) is 0.366. The molecule has 0 aliphatic rings. The first kappa shape index (κ1) is 14.7. The minimum Gasteiger partial charge on any atom is -0.294 e. The second-order valence-corrected chi connectivity index (χ2v) is 5.53. The van der Waals surface area contributed by atoms with E-state index in [2.05, 4.69) is 29.8 Å². The number of halogens is 2. The van der Waals surface area contributed by atoms with Crippen LogP contribution in [0.3, 0.4) is 0 Å². The van der Waals surface area contributed by atoms with Gasteiger partial charge in [-0.25, -0.2) is 0 Å². The lowest BCUT2D eigenvalue weighted by atomic mass is 9.90. The first-order chi connectivity index (χ1) is 8.10. The van der Waals surface area contributed by atoms with Gasteiger partial charge >= 0.3 is 0 Å². The first-order valence-electron chi connectivity index (χ1n) is 6.09. The molecule has 1 aromatic rings. The van der Waals surface area contributed by atoms with Crippen LogP contribution < -0.4 is 0 Å². The lowest BCUT2D eigenvalue weighted by molar-refractivity contribution is 0.0905. The molecule has 0 N–H and O–H groups in total. The van der Waals surface area contributed by atoms with Crippen LogP contribution in [-0.2, 0) is 0 Å². The van der Waals surface area contributed by atoms with E-state index < -0.39 is 0 Å². The molecule has 0 saturated carbocycles. The molecule has 0 bridgehead atoms. The lowest BCUT2D eigenvalue weighted by Crippen LogP contribution is -2.14. The van der Waals surface area contributed by atoms with Gasteiger partial charge in [-0.05, 0) is 40.9 Å². The van der Waals surface area contributed by atoms with Crippen LogP contribution in [0.5, 0.6) is 0 Å². The third-order valence-electron chi connectivity index (χ3n) is 2.85. The molecular weight excluding hydrogens is 300 g/mol. The topological polar surface area (TPSA) is 17.1 Å². The maximum atomic E-state index is 12.3. The summed E-state index contributed by atoms with van der Waals surface area (Å²) in [5.41, 5.74) is 0.727. The average Bonchev–Trinajstić information content (AvgIpc) is 2.31. The van der Waals surface area contributed by atoms with Gasteiger partial charge < -0.3 is 0 Å². The summed E-state index contributed by atoms with van der Waals surface area (Å²) in [6.07, 6.45) is 4.00. The Balaban J connectivity index is 2.88. The van der Waals surface area contributed by atoms with Gasteiger partial charge in [0.1, 0.15) is 0 Å². The van der Waals surface area contributed by atoms with E-state index in [9.17, 15) is 4.79 Å². The minimum atomic E-state index is 0.141. The Morgan fingerprint density at radius 2 is 1.88 bits per heavy atom. The van der Waals surface area contributed by atoms with Gasteiger partial charge in [-0.2, -0.15) is 0 Å². The molecule has 0 atom stereocenters. The summed E-state index contributed by atoms with van der Waals surface area (Å²) in [5, 5.41) is 0.600. The predicted molar refractivity (Wildman–Crippen MR) is 76.8 cm³/mol.